The first kappa shape index (κ1) is 38.9. The minimum absolute atomic E-state index is 0.0620. The lowest BCUT2D eigenvalue weighted by Gasteiger charge is -2.05. The molecule has 0 rings (SSSR count). The first-order valence-electron chi connectivity index (χ1n) is 17.2. The molecule has 0 fully saturated rings. The van der Waals surface area contributed by atoms with Gasteiger partial charge in [0, 0.05) is 6.16 Å². The molecule has 0 bridgehead atoms. The van der Waals surface area contributed by atoms with E-state index in [1.54, 1.807) is 0 Å². The molecule has 0 aliphatic carbocycles. The molecule has 0 saturated carbocycles. The molecule has 0 saturated heterocycles. The minimum Gasteiger partial charge on any atom is -0.324 e. The second kappa shape index (κ2) is 32.4. The largest absolute Gasteiger partial charge is 0.325 e. The Morgan fingerprint density at radius 3 is 0.632 bits per heavy atom. The maximum Gasteiger partial charge on any atom is 0.325 e. The van der Waals surface area contributed by atoms with Gasteiger partial charge < -0.3 is 9.79 Å². The topological polar surface area (TPSA) is 57.5 Å². The summed E-state index contributed by atoms with van der Waals surface area (Å²) in [6.45, 7) is 0. The van der Waals surface area contributed by atoms with Gasteiger partial charge in [-0.15, -0.1) is 0 Å². The second-order valence-corrected chi connectivity index (χ2v) is 14.9. The van der Waals surface area contributed by atoms with Gasteiger partial charge in [-0.2, -0.15) is 0 Å². The third-order valence-electron chi connectivity index (χ3n) is 8.08. The van der Waals surface area contributed by atoms with E-state index in [4.69, 9.17) is 9.79 Å². The van der Waals surface area contributed by atoms with Gasteiger partial charge in [0.25, 0.3) is 0 Å². The molecular weight excluding hydrogens is 602 g/mol. The van der Waals surface area contributed by atoms with Gasteiger partial charge in [0.15, 0.2) is 0 Å². The van der Waals surface area contributed by atoms with Crippen LogP contribution in [0.3, 0.4) is 0 Å². The minimum atomic E-state index is -3.77. The van der Waals surface area contributed by atoms with E-state index >= 15 is 0 Å². The monoisotopic (exact) mass is 670 g/mol. The molecule has 0 aromatic carbocycles. The predicted molar refractivity (Wildman–Crippen MR) is 179 cm³/mol. The fourth-order valence-corrected chi connectivity index (χ4v) is 6.71. The number of unbranched alkanes of at least 4 members (excludes halogenated alkanes) is 30. The Labute approximate surface area is 253 Å². The molecule has 0 aliphatic rings. The molecule has 230 valence electrons. The number of hydrogen-bond donors (Lipinski definition) is 2. The lowest BCUT2D eigenvalue weighted by atomic mass is 10.0. The van der Waals surface area contributed by atoms with Gasteiger partial charge in [-0.3, -0.25) is 4.57 Å². The molecule has 0 amide bonds. The molecule has 0 radical (unpaired) electrons. The van der Waals surface area contributed by atoms with Crippen LogP contribution in [0.2, 0.25) is 0 Å². The summed E-state index contributed by atoms with van der Waals surface area (Å²) in [6, 6.07) is 0. The summed E-state index contributed by atoms with van der Waals surface area (Å²) < 4.78 is 12.1. The summed E-state index contributed by atoms with van der Waals surface area (Å²) in [5, 5.41) is 0. The summed E-state index contributed by atoms with van der Waals surface area (Å²) >= 11 is 2.49. The van der Waals surface area contributed by atoms with Crippen LogP contribution < -0.4 is 0 Å². The van der Waals surface area contributed by atoms with Crippen molar-refractivity contribution >= 4 is 30.2 Å². The quantitative estimate of drug-likeness (QED) is 0.0316. The van der Waals surface area contributed by atoms with Crippen LogP contribution in [-0.4, -0.2) is 20.4 Å². The summed E-state index contributed by atoms with van der Waals surface area (Å²) in [5.41, 5.74) is 0. The van der Waals surface area contributed by atoms with Crippen LogP contribution in [0.15, 0.2) is 0 Å². The van der Waals surface area contributed by atoms with Crippen LogP contribution in [-0.2, 0) is 4.57 Å². The normalized spacial score (nSPS) is 12.0. The molecule has 0 aliphatic heterocycles. The van der Waals surface area contributed by atoms with E-state index in [9.17, 15) is 4.57 Å². The van der Waals surface area contributed by atoms with Crippen molar-refractivity contribution in [3.05, 3.63) is 0 Å². The van der Waals surface area contributed by atoms with Crippen molar-refractivity contribution in [1.82, 2.24) is 0 Å². The highest BCUT2D eigenvalue weighted by Crippen LogP contribution is 2.35. The number of alkyl halides is 1. The predicted octanol–water partition coefficient (Wildman–Crippen LogP) is 12.7. The van der Waals surface area contributed by atoms with E-state index in [0.717, 1.165) is 12.8 Å². The van der Waals surface area contributed by atoms with Gasteiger partial charge in [-0.1, -0.05) is 209 Å². The first-order valence-corrected chi connectivity index (χ1v) is 20.5. The van der Waals surface area contributed by atoms with Crippen LogP contribution in [0.25, 0.3) is 0 Å². The van der Waals surface area contributed by atoms with Crippen molar-refractivity contribution < 1.29 is 14.4 Å². The summed E-state index contributed by atoms with van der Waals surface area (Å²) in [5.74, 6) is 0. The molecule has 0 aromatic rings. The van der Waals surface area contributed by atoms with Gasteiger partial charge >= 0.3 is 7.60 Å². The Morgan fingerprint density at radius 1 is 0.316 bits per heavy atom. The zero-order chi connectivity index (χ0) is 27.8. The third-order valence-corrected chi connectivity index (χ3v) is 9.74. The fourth-order valence-electron chi connectivity index (χ4n) is 5.54. The molecule has 0 spiro atoms. The number of hydrogen-bond acceptors (Lipinski definition) is 1. The number of halogens is 1. The average molecular weight is 671 g/mol. The molecule has 2 N–H and O–H groups in total. The van der Waals surface area contributed by atoms with Crippen molar-refractivity contribution in [2.45, 2.75) is 199 Å². The zero-order valence-electron chi connectivity index (χ0n) is 25.5. The highest BCUT2D eigenvalue weighted by molar-refractivity contribution is 14.1. The van der Waals surface area contributed by atoms with Crippen molar-refractivity contribution in [2.75, 3.05) is 10.6 Å². The van der Waals surface area contributed by atoms with Crippen LogP contribution in [0.1, 0.15) is 199 Å². The maximum atomic E-state index is 10.8. The van der Waals surface area contributed by atoms with E-state index in [1.165, 1.54) is 184 Å². The maximum absolute atomic E-state index is 10.8. The first-order chi connectivity index (χ1) is 18.6. The van der Waals surface area contributed by atoms with Crippen molar-refractivity contribution in [3.63, 3.8) is 0 Å². The lowest BCUT2D eigenvalue weighted by molar-refractivity contribution is 0.370. The molecule has 0 aromatic heterocycles. The van der Waals surface area contributed by atoms with Crippen molar-refractivity contribution in [1.29, 1.82) is 0 Å². The Hall–Kier alpha value is 0.880. The Balaban J connectivity index is 3.04. The van der Waals surface area contributed by atoms with Crippen molar-refractivity contribution in [2.24, 2.45) is 0 Å². The van der Waals surface area contributed by atoms with E-state index in [0.29, 0.717) is 6.42 Å². The van der Waals surface area contributed by atoms with E-state index in [2.05, 4.69) is 22.6 Å². The summed E-state index contributed by atoms with van der Waals surface area (Å²) in [4.78, 5) is 17.7. The lowest BCUT2D eigenvalue weighted by Crippen LogP contribution is -1.88. The van der Waals surface area contributed by atoms with Crippen LogP contribution in [0.5, 0.6) is 0 Å². The van der Waals surface area contributed by atoms with Gasteiger partial charge in [-0.25, -0.2) is 0 Å². The molecule has 5 heteroatoms. The van der Waals surface area contributed by atoms with Gasteiger partial charge in [0.2, 0.25) is 0 Å². The standard InChI is InChI=1S/C33H68IO3P/c34-32-30-28-26-24-22-20-18-16-14-12-10-8-6-4-2-1-3-5-7-9-11-13-15-17-19-21-23-25-27-29-31-33-38(35,36)37/h1-33H2,(H2,35,36,37). The average Bonchev–Trinajstić information content (AvgIpc) is 2.88. The van der Waals surface area contributed by atoms with Gasteiger partial charge in [0.05, 0.1) is 0 Å². The van der Waals surface area contributed by atoms with Gasteiger partial charge in [0.1, 0.15) is 0 Å². The molecule has 38 heavy (non-hydrogen) atoms. The van der Waals surface area contributed by atoms with E-state index < -0.39 is 7.60 Å². The van der Waals surface area contributed by atoms with E-state index in [-0.39, 0.29) is 6.16 Å². The van der Waals surface area contributed by atoms with Crippen LogP contribution in [0, 0.1) is 0 Å². The fraction of sp³-hybridized carbons (Fsp3) is 1.00. The van der Waals surface area contributed by atoms with E-state index in [1.807, 2.05) is 0 Å². The third kappa shape index (κ3) is 36.9. The Kier molecular flexibility index (Phi) is 33.1. The van der Waals surface area contributed by atoms with Crippen molar-refractivity contribution in [3.8, 4) is 0 Å². The molecule has 0 atom stereocenters. The second-order valence-electron chi connectivity index (χ2n) is 12.0. The van der Waals surface area contributed by atoms with Gasteiger partial charge in [-0.05, 0) is 17.3 Å². The summed E-state index contributed by atoms with van der Waals surface area (Å²) in [6.07, 6.45) is 42.9. The molecular formula is C33H68IO3P. The van der Waals surface area contributed by atoms with Crippen LogP contribution >= 0.6 is 30.2 Å². The molecule has 0 unspecified atom stereocenters. The Morgan fingerprint density at radius 2 is 0.474 bits per heavy atom. The highest BCUT2D eigenvalue weighted by atomic mass is 127. The van der Waals surface area contributed by atoms with Crippen LogP contribution in [0.4, 0.5) is 0 Å². The highest BCUT2D eigenvalue weighted by Gasteiger charge is 2.10. The number of rotatable bonds is 33. The Bertz CT molecular complexity index is 483. The smallest absolute Gasteiger partial charge is 0.324 e. The zero-order valence-corrected chi connectivity index (χ0v) is 28.5. The molecule has 3 nitrogen and oxygen atoms in total. The summed E-state index contributed by atoms with van der Waals surface area (Å²) in [7, 11) is -3.77. The molecule has 0 heterocycles. The SMILES string of the molecule is O=P(O)(O)CCCCCCCCCCCCCCCCCCCCCCCCCCCCCCCCCI.